The van der Waals surface area contributed by atoms with Gasteiger partial charge in [-0.2, -0.15) is 0 Å². The molecule has 4 nitrogen and oxygen atoms in total. The van der Waals surface area contributed by atoms with Crippen LogP contribution in [0.5, 0.6) is 0 Å². The van der Waals surface area contributed by atoms with Crippen LogP contribution in [0.25, 0.3) is 11.1 Å². The summed E-state index contributed by atoms with van der Waals surface area (Å²) in [6.45, 7) is 2.49. The molecule has 1 aromatic heterocycles. The molecule has 2 aromatic rings. The highest BCUT2D eigenvalue weighted by molar-refractivity contribution is 5.94. The molecule has 0 aliphatic carbocycles. The highest BCUT2D eigenvalue weighted by Gasteiger charge is 2.04. The third-order valence-electron chi connectivity index (χ3n) is 2.60. The molecule has 0 unspecified atom stereocenters. The Bertz CT molecular complexity index is 579. The molecule has 18 heavy (non-hydrogen) atoms. The lowest BCUT2D eigenvalue weighted by Gasteiger charge is -2.04. The fraction of sp³-hybridized carbons (Fsp3) is 0.143. The minimum atomic E-state index is -0.127. The molecule has 1 heterocycles. The maximum Gasteiger partial charge on any atom is 0.251 e. The van der Waals surface area contributed by atoms with Gasteiger partial charge in [0.05, 0.1) is 0 Å². The maximum absolute atomic E-state index is 11.6. The smallest absolute Gasteiger partial charge is 0.251 e. The molecule has 0 aliphatic rings. The molecule has 2 N–H and O–H groups in total. The van der Waals surface area contributed by atoms with Gasteiger partial charge in [0.15, 0.2) is 0 Å². The van der Waals surface area contributed by atoms with Crippen LogP contribution < -0.4 is 10.9 Å². The van der Waals surface area contributed by atoms with E-state index in [9.17, 15) is 9.59 Å². The van der Waals surface area contributed by atoms with E-state index in [1.165, 1.54) is 6.07 Å². The Balaban J connectivity index is 2.24. The third-order valence-corrected chi connectivity index (χ3v) is 2.60. The Kier molecular flexibility index (Phi) is 3.57. The van der Waals surface area contributed by atoms with Gasteiger partial charge in [0, 0.05) is 24.4 Å². The van der Waals surface area contributed by atoms with Gasteiger partial charge < -0.3 is 10.3 Å². The van der Waals surface area contributed by atoms with Crippen LogP contribution in [0.2, 0.25) is 0 Å². The number of amides is 1. The number of benzene rings is 1. The summed E-state index contributed by atoms with van der Waals surface area (Å²) in [5.41, 5.74) is 2.37. The monoisotopic (exact) mass is 242 g/mol. The zero-order valence-electron chi connectivity index (χ0n) is 10.1. The van der Waals surface area contributed by atoms with E-state index in [0.717, 1.165) is 11.1 Å². The number of carbonyl (C=O) groups excluding carboxylic acids is 1. The van der Waals surface area contributed by atoms with Crippen molar-refractivity contribution in [3.63, 3.8) is 0 Å². The van der Waals surface area contributed by atoms with Crippen LogP contribution in [0, 0.1) is 0 Å². The van der Waals surface area contributed by atoms with Crippen molar-refractivity contribution in [3.8, 4) is 11.1 Å². The fourth-order valence-electron chi connectivity index (χ4n) is 1.67. The van der Waals surface area contributed by atoms with Gasteiger partial charge in [0.2, 0.25) is 5.56 Å². The number of nitrogens with one attached hydrogen (secondary N) is 2. The van der Waals surface area contributed by atoms with Gasteiger partial charge >= 0.3 is 0 Å². The van der Waals surface area contributed by atoms with E-state index in [2.05, 4.69) is 10.3 Å². The van der Waals surface area contributed by atoms with Gasteiger partial charge in [-0.3, -0.25) is 9.59 Å². The Morgan fingerprint density at radius 1 is 1.11 bits per heavy atom. The third kappa shape index (κ3) is 2.66. The van der Waals surface area contributed by atoms with Gasteiger partial charge in [-0.15, -0.1) is 0 Å². The molecule has 1 aromatic carbocycles. The van der Waals surface area contributed by atoms with Crippen LogP contribution in [-0.4, -0.2) is 17.4 Å². The summed E-state index contributed by atoms with van der Waals surface area (Å²) in [7, 11) is 0. The van der Waals surface area contributed by atoms with Crippen molar-refractivity contribution in [1.82, 2.24) is 10.3 Å². The van der Waals surface area contributed by atoms with Crippen molar-refractivity contribution in [1.29, 1.82) is 0 Å². The minimum Gasteiger partial charge on any atom is -0.352 e. The number of rotatable bonds is 3. The standard InChI is InChI=1S/C14H14N2O2/c1-2-15-14(18)11-5-3-10(4-6-11)12-7-8-13(17)16-9-12/h3-9H,2H2,1H3,(H,15,18)(H,16,17). The van der Waals surface area contributed by atoms with Crippen LogP contribution in [0.15, 0.2) is 47.4 Å². The second kappa shape index (κ2) is 5.31. The summed E-state index contributed by atoms with van der Waals surface area (Å²) >= 11 is 0. The highest BCUT2D eigenvalue weighted by atomic mass is 16.1. The number of hydrogen-bond donors (Lipinski definition) is 2. The van der Waals surface area contributed by atoms with E-state index in [4.69, 9.17) is 0 Å². The topological polar surface area (TPSA) is 62.0 Å². The van der Waals surface area contributed by atoms with Crippen LogP contribution in [0.4, 0.5) is 0 Å². The second-order valence-corrected chi connectivity index (χ2v) is 3.88. The van der Waals surface area contributed by atoms with Crippen molar-refractivity contribution in [3.05, 3.63) is 58.5 Å². The predicted molar refractivity (Wildman–Crippen MR) is 70.5 cm³/mol. The Morgan fingerprint density at radius 3 is 2.33 bits per heavy atom. The lowest BCUT2D eigenvalue weighted by Crippen LogP contribution is -2.22. The number of aromatic amines is 1. The van der Waals surface area contributed by atoms with E-state index in [-0.39, 0.29) is 11.5 Å². The SMILES string of the molecule is CCNC(=O)c1ccc(-c2ccc(=O)[nH]c2)cc1. The van der Waals surface area contributed by atoms with Crippen molar-refractivity contribution in [2.45, 2.75) is 6.92 Å². The molecular formula is C14H14N2O2. The van der Waals surface area contributed by atoms with Crippen molar-refractivity contribution >= 4 is 5.91 Å². The van der Waals surface area contributed by atoms with Crippen LogP contribution in [-0.2, 0) is 0 Å². The molecule has 0 bridgehead atoms. The largest absolute Gasteiger partial charge is 0.352 e. The predicted octanol–water partition coefficient (Wildman–Crippen LogP) is 1.79. The van der Waals surface area contributed by atoms with E-state index in [1.54, 1.807) is 24.4 Å². The lowest BCUT2D eigenvalue weighted by atomic mass is 10.1. The first kappa shape index (κ1) is 12.1. The zero-order valence-corrected chi connectivity index (χ0v) is 10.1. The maximum atomic E-state index is 11.6. The quantitative estimate of drug-likeness (QED) is 0.862. The first-order valence-corrected chi connectivity index (χ1v) is 5.78. The zero-order chi connectivity index (χ0) is 13.0. The normalized spacial score (nSPS) is 10.1. The summed E-state index contributed by atoms with van der Waals surface area (Å²) < 4.78 is 0. The first-order valence-electron chi connectivity index (χ1n) is 5.78. The number of pyridine rings is 1. The van der Waals surface area contributed by atoms with E-state index in [0.29, 0.717) is 12.1 Å². The molecule has 2 rings (SSSR count). The Morgan fingerprint density at radius 2 is 1.78 bits per heavy atom. The average molecular weight is 242 g/mol. The molecular weight excluding hydrogens is 228 g/mol. The van der Waals surface area contributed by atoms with Crippen LogP contribution in [0.1, 0.15) is 17.3 Å². The Hall–Kier alpha value is -2.36. The molecule has 0 spiro atoms. The van der Waals surface area contributed by atoms with E-state index < -0.39 is 0 Å². The van der Waals surface area contributed by atoms with Gasteiger partial charge in [-0.25, -0.2) is 0 Å². The van der Waals surface area contributed by atoms with Gasteiger partial charge in [-0.05, 0) is 36.2 Å². The van der Waals surface area contributed by atoms with Crippen LogP contribution >= 0.6 is 0 Å². The molecule has 0 aliphatic heterocycles. The summed E-state index contributed by atoms with van der Waals surface area (Å²) in [5.74, 6) is -0.0782. The van der Waals surface area contributed by atoms with Crippen molar-refractivity contribution < 1.29 is 4.79 Å². The lowest BCUT2D eigenvalue weighted by molar-refractivity contribution is 0.0956. The molecule has 4 heteroatoms. The van der Waals surface area contributed by atoms with Crippen LogP contribution in [0.3, 0.4) is 0 Å². The number of H-pyrrole nitrogens is 1. The summed E-state index contributed by atoms with van der Waals surface area (Å²) in [6, 6.07) is 10.5. The summed E-state index contributed by atoms with van der Waals surface area (Å²) in [5, 5.41) is 2.74. The molecule has 1 amide bonds. The van der Waals surface area contributed by atoms with E-state index in [1.807, 2.05) is 19.1 Å². The molecule has 92 valence electrons. The molecule has 0 saturated heterocycles. The minimum absolute atomic E-state index is 0.0782. The molecule has 0 fully saturated rings. The van der Waals surface area contributed by atoms with Gasteiger partial charge in [0.25, 0.3) is 5.91 Å². The molecule has 0 atom stereocenters. The number of aromatic nitrogens is 1. The average Bonchev–Trinajstić information content (AvgIpc) is 2.40. The molecule has 0 saturated carbocycles. The van der Waals surface area contributed by atoms with Gasteiger partial charge in [0.1, 0.15) is 0 Å². The fourth-order valence-corrected chi connectivity index (χ4v) is 1.67. The second-order valence-electron chi connectivity index (χ2n) is 3.88. The number of carbonyl (C=O) groups is 1. The first-order chi connectivity index (χ1) is 8.70. The van der Waals surface area contributed by atoms with Crippen molar-refractivity contribution in [2.75, 3.05) is 6.54 Å². The van der Waals surface area contributed by atoms with Crippen molar-refractivity contribution in [2.24, 2.45) is 0 Å². The summed E-state index contributed by atoms with van der Waals surface area (Å²) in [4.78, 5) is 25.2. The van der Waals surface area contributed by atoms with E-state index >= 15 is 0 Å². The summed E-state index contributed by atoms with van der Waals surface area (Å²) in [6.07, 6.45) is 1.66. The number of hydrogen-bond acceptors (Lipinski definition) is 2. The molecule has 0 radical (unpaired) electrons. The Labute approximate surface area is 105 Å². The van der Waals surface area contributed by atoms with Gasteiger partial charge in [-0.1, -0.05) is 12.1 Å². The highest BCUT2D eigenvalue weighted by Crippen LogP contribution is 2.17.